The molecule has 1 saturated heterocycles. The molecule has 1 aliphatic heterocycles. The van der Waals surface area contributed by atoms with Gasteiger partial charge in [-0.15, -0.1) is 0 Å². The van der Waals surface area contributed by atoms with Gasteiger partial charge in [0.1, 0.15) is 0 Å². The summed E-state index contributed by atoms with van der Waals surface area (Å²) in [5.41, 5.74) is 8.27. The van der Waals surface area contributed by atoms with E-state index in [1.165, 1.54) is 19.3 Å². The number of nitrogen functional groups attached to an aromatic ring is 1. The van der Waals surface area contributed by atoms with Gasteiger partial charge in [0.2, 0.25) is 0 Å². The summed E-state index contributed by atoms with van der Waals surface area (Å²) in [6, 6.07) is 6.08. The third-order valence-electron chi connectivity index (χ3n) is 4.99. The topological polar surface area (TPSA) is 49.6 Å². The number of hydrogen-bond acceptors (Lipinski definition) is 3. The number of fused-ring (bicyclic) bond motifs is 1. The van der Waals surface area contributed by atoms with E-state index in [0.29, 0.717) is 17.6 Å². The van der Waals surface area contributed by atoms with Crippen LogP contribution in [0.3, 0.4) is 0 Å². The molecule has 0 radical (unpaired) electrons. The zero-order valence-electron chi connectivity index (χ0n) is 13.0. The molecule has 114 valence electrons. The highest BCUT2D eigenvalue weighted by atomic mass is 16.2. The summed E-state index contributed by atoms with van der Waals surface area (Å²) >= 11 is 0. The molecule has 0 bridgehead atoms. The van der Waals surface area contributed by atoms with E-state index in [-0.39, 0.29) is 5.91 Å². The van der Waals surface area contributed by atoms with Gasteiger partial charge in [0.15, 0.2) is 0 Å². The molecular formula is C17H25N3O. The van der Waals surface area contributed by atoms with Gasteiger partial charge in [-0.05, 0) is 49.8 Å². The first-order valence-corrected chi connectivity index (χ1v) is 7.95. The monoisotopic (exact) mass is 287 g/mol. The number of benzene rings is 1. The highest BCUT2D eigenvalue weighted by Gasteiger charge is 2.38. The molecule has 4 heteroatoms. The van der Waals surface area contributed by atoms with Gasteiger partial charge in [0.25, 0.3) is 5.91 Å². The standard InChI is InChI=1S/C17H25N3O/c1-19(2)16-9-8-13(18)11-14(16)17(21)20-10-4-6-12-5-3-7-15(12)20/h8-9,11-12,15H,3-7,10,18H2,1-2H3. The van der Waals surface area contributed by atoms with Crippen LogP contribution in [0, 0.1) is 5.92 Å². The Morgan fingerprint density at radius 3 is 2.76 bits per heavy atom. The van der Waals surface area contributed by atoms with Gasteiger partial charge in [-0.2, -0.15) is 0 Å². The molecule has 1 saturated carbocycles. The summed E-state index contributed by atoms with van der Waals surface area (Å²) in [7, 11) is 3.94. The summed E-state index contributed by atoms with van der Waals surface area (Å²) < 4.78 is 0. The fourth-order valence-electron chi connectivity index (χ4n) is 3.98. The van der Waals surface area contributed by atoms with Gasteiger partial charge >= 0.3 is 0 Å². The van der Waals surface area contributed by atoms with Crippen LogP contribution in [-0.2, 0) is 0 Å². The lowest BCUT2D eigenvalue weighted by molar-refractivity contribution is 0.0549. The fourth-order valence-corrected chi connectivity index (χ4v) is 3.98. The molecule has 21 heavy (non-hydrogen) atoms. The molecule has 2 fully saturated rings. The van der Waals surface area contributed by atoms with Crippen molar-refractivity contribution in [2.75, 3.05) is 31.3 Å². The Balaban J connectivity index is 1.92. The predicted octanol–water partition coefficient (Wildman–Crippen LogP) is 2.74. The van der Waals surface area contributed by atoms with Crippen LogP contribution in [-0.4, -0.2) is 37.5 Å². The Bertz CT molecular complexity index is 541. The number of rotatable bonds is 2. The smallest absolute Gasteiger partial charge is 0.256 e. The second-order valence-electron chi connectivity index (χ2n) is 6.57. The van der Waals surface area contributed by atoms with Crippen molar-refractivity contribution >= 4 is 17.3 Å². The van der Waals surface area contributed by atoms with Gasteiger partial charge < -0.3 is 15.5 Å². The maximum atomic E-state index is 13.1. The number of nitrogens with two attached hydrogens (primary N) is 1. The second-order valence-corrected chi connectivity index (χ2v) is 6.57. The van der Waals surface area contributed by atoms with Crippen molar-refractivity contribution in [3.63, 3.8) is 0 Å². The van der Waals surface area contributed by atoms with E-state index < -0.39 is 0 Å². The quantitative estimate of drug-likeness (QED) is 0.851. The Morgan fingerprint density at radius 1 is 1.24 bits per heavy atom. The summed E-state index contributed by atoms with van der Waals surface area (Å²) in [6.45, 7) is 0.891. The molecule has 1 aliphatic carbocycles. The Morgan fingerprint density at radius 2 is 2.00 bits per heavy atom. The Kier molecular flexibility index (Phi) is 3.79. The van der Waals surface area contributed by atoms with E-state index in [9.17, 15) is 4.79 Å². The van der Waals surface area contributed by atoms with Crippen LogP contribution in [0.2, 0.25) is 0 Å². The van der Waals surface area contributed by atoms with Crippen LogP contribution in [0.1, 0.15) is 42.5 Å². The summed E-state index contributed by atoms with van der Waals surface area (Å²) in [5.74, 6) is 0.870. The molecule has 1 amide bonds. The van der Waals surface area contributed by atoms with E-state index in [4.69, 9.17) is 5.73 Å². The van der Waals surface area contributed by atoms with Crippen molar-refractivity contribution in [1.82, 2.24) is 4.90 Å². The first-order chi connectivity index (χ1) is 10.1. The van der Waals surface area contributed by atoms with Gasteiger partial charge in [0, 0.05) is 38.1 Å². The number of carbonyl (C=O) groups excluding carboxylic acids is 1. The molecular weight excluding hydrogens is 262 g/mol. The molecule has 0 spiro atoms. The zero-order valence-corrected chi connectivity index (χ0v) is 13.0. The third kappa shape index (κ3) is 2.59. The van der Waals surface area contributed by atoms with Gasteiger partial charge in [-0.25, -0.2) is 0 Å². The van der Waals surface area contributed by atoms with Crippen molar-refractivity contribution < 1.29 is 4.79 Å². The van der Waals surface area contributed by atoms with Crippen LogP contribution in [0.4, 0.5) is 11.4 Å². The number of amides is 1. The minimum Gasteiger partial charge on any atom is -0.399 e. The van der Waals surface area contributed by atoms with Crippen LogP contribution in [0.15, 0.2) is 18.2 Å². The second kappa shape index (κ2) is 5.58. The van der Waals surface area contributed by atoms with E-state index in [2.05, 4.69) is 4.90 Å². The number of nitrogens with zero attached hydrogens (tertiary/aromatic N) is 2. The minimum absolute atomic E-state index is 0.155. The maximum Gasteiger partial charge on any atom is 0.256 e. The molecule has 2 N–H and O–H groups in total. The first-order valence-electron chi connectivity index (χ1n) is 7.95. The predicted molar refractivity (Wildman–Crippen MR) is 86.6 cm³/mol. The van der Waals surface area contributed by atoms with Crippen molar-refractivity contribution in [3.8, 4) is 0 Å². The van der Waals surface area contributed by atoms with Crippen molar-refractivity contribution in [2.45, 2.75) is 38.1 Å². The van der Waals surface area contributed by atoms with Gasteiger partial charge in [0.05, 0.1) is 5.56 Å². The van der Waals surface area contributed by atoms with E-state index >= 15 is 0 Å². The fraction of sp³-hybridized carbons (Fsp3) is 0.588. The van der Waals surface area contributed by atoms with Gasteiger partial charge in [-0.3, -0.25) is 4.79 Å². The number of piperidine rings is 1. The van der Waals surface area contributed by atoms with Crippen LogP contribution >= 0.6 is 0 Å². The Labute approximate surface area is 126 Å². The molecule has 3 rings (SSSR count). The largest absolute Gasteiger partial charge is 0.399 e. The highest BCUT2D eigenvalue weighted by Crippen LogP contribution is 2.38. The number of likely N-dealkylation sites (tertiary alicyclic amines) is 1. The summed E-state index contributed by atoms with van der Waals surface area (Å²) in [5, 5.41) is 0. The lowest BCUT2D eigenvalue weighted by atomic mass is 9.91. The van der Waals surface area contributed by atoms with E-state index in [1.54, 1.807) is 0 Å². The number of anilines is 2. The molecule has 4 nitrogen and oxygen atoms in total. The van der Waals surface area contributed by atoms with E-state index in [0.717, 1.165) is 30.6 Å². The molecule has 2 unspecified atom stereocenters. The number of carbonyl (C=O) groups is 1. The molecule has 1 aromatic rings. The van der Waals surface area contributed by atoms with Crippen molar-refractivity contribution in [2.24, 2.45) is 5.92 Å². The molecule has 0 aromatic heterocycles. The van der Waals surface area contributed by atoms with Crippen LogP contribution < -0.4 is 10.6 Å². The van der Waals surface area contributed by atoms with Gasteiger partial charge in [-0.1, -0.05) is 6.42 Å². The molecule has 2 aliphatic rings. The normalized spacial score (nSPS) is 24.8. The average Bonchev–Trinajstić information content (AvgIpc) is 2.94. The molecule has 1 heterocycles. The van der Waals surface area contributed by atoms with Crippen LogP contribution in [0.5, 0.6) is 0 Å². The summed E-state index contributed by atoms with van der Waals surface area (Å²) in [4.78, 5) is 17.2. The zero-order chi connectivity index (χ0) is 15.0. The van der Waals surface area contributed by atoms with Crippen LogP contribution in [0.25, 0.3) is 0 Å². The lowest BCUT2D eigenvalue weighted by Gasteiger charge is -2.38. The average molecular weight is 287 g/mol. The van der Waals surface area contributed by atoms with Crippen molar-refractivity contribution in [1.29, 1.82) is 0 Å². The van der Waals surface area contributed by atoms with E-state index in [1.807, 2.05) is 37.2 Å². The first kappa shape index (κ1) is 14.2. The Hall–Kier alpha value is -1.71. The maximum absolute atomic E-state index is 13.1. The summed E-state index contributed by atoms with van der Waals surface area (Å²) in [6.07, 6.45) is 6.12. The lowest BCUT2D eigenvalue weighted by Crippen LogP contribution is -2.46. The molecule has 1 aromatic carbocycles. The minimum atomic E-state index is 0.155. The number of hydrogen-bond donors (Lipinski definition) is 1. The molecule has 2 atom stereocenters. The SMILES string of the molecule is CN(C)c1ccc(N)cc1C(=O)N1CCCC2CCCC21. The third-order valence-corrected chi connectivity index (χ3v) is 4.99. The highest BCUT2D eigenvalue weighted by molar-refractivity contribution is 6.01. The van der Waals surface area contributed by atoms with Crippen molar-refractivity contribution in [3.05, 3.63) is 23.8 Å².